The number of amides is 1. The Morgan fingerprint density at radius 1 is 1.38 bits per heavy atom. The first kappa shape index (κ1) is 14.1. The molecule has 0 bridgehead atoms. The maximum absolute atomic E-state index is 12.3. The fraction of sp³-hybridized carbons (Fsp3) is 0.312. The molecule has 1 aliphatic heterocycles. The largest absolute Gasteiger partial charge is 0.488 e. The van der Waals surface area contributed by atoms with Crippen LogP contribution in [-0.4, -0.2) is 35.1 Å². The summed E-state index contributed by atoms with van der Waals surface area (Å²) in [4.78, 5) is 15.2. The Kier molecular flexibility index (Phi) is 4.22. The van der Waals surface area contributed by atoms with Crippen molar-refractivity contribution >= 4 is 17.2 Å². The number of carbonyl (C=O) groups is 1. The summed E-state index contributed by atoms with van der Waals surface area (Å²) in [7, 11) is 0. The maximum atomic E-state index is 12.3. The van der Waals surface area contributed by atoms with E-state index >= 15 is 0 Å². The van der Waals surface area contributed by atoms with Crippen molar-refractivity contribution in [2.45, 2.75) is 19.1 Å². The van der Waals surface area contributed by atoms with Crippen LogP contribution in [0.25, 0.3) is 0 Å². The zero-order chi connectivity index (χ0) is 14.7. The van der Waals surface area contributed by atoms with Gasteiger partial charge in [0, 0.05) is 23.5 Å². The van der Waals surface area contributed by atoms with E-state index in [1.165, 1.54) is 0 Å². The second-order valence-corrected chi connectivity index (χ2v) is 6.12. The summed E-state index contributed by atoms with van der Waals surface area (Å²) in [5.74, 6) is 0.641. The van der Waals surface area contributed by atoms with Gasteiger partial charge in [0.1, 0.15) is 12.4 Å². The van der Waals surface area contributed by atoms with Gasteiger partial charge in [-0.15, -0.1) is 11.3 Å². The van der Waals surface area contributed by atoms with E-state index < -0.39 is 6.10 Å². The Morgan fingerprint density at radius 2 is 2.29 bits per heavy atom. The highest BCUT2D eigenvalue weighted by molar-refractivity contribution is 7.09. The first-order chi connectivity index (χ1) is 10.2. The number of aliphatic hydroxyl groups is 1. The van der Waals surface area contributed by atoms with Gasteiger partial charge in [-0.25, -0.2) is 0 Å². The molecule has 0 radical (unpaired) electrons. The summed E-state index contributed by atoms with van der Waals surface area (Å²) in [5, 5.41) is 11.5. The van der Waals surface area contributed by atoms with Crippen molar-refractivity contribution in [1.29, 1.82) is 0 Å². The molecule has 0 saturated carbocycles. The SMILES string of the molecule is O=C(c1cccc(OCc2cccs2)c1)N1CC[C@H](O)C1. The van der Waals surface area contributed by atoms with Crippen LogP contribution in [-0.2, 0) is 6.61 Å². The quantitative estimate of drug-likeness (QED) is 0.944. The molecule has 1 aliphatic rings. The van der Waals surface area contributed by atoms with Crippen molar-refractivity contribution in [3.63, 3.8) is 0 Å². The van der Waals surface area contributed by atoms with Crippen LogP contribution >= 0.6 is 11.3 Å². The Balaban J connectivity index is 1.66. The second-order valence-electron chi connectivity index (χ2n) is 5.09. The van der Waals surface area contributed by atoms with E-state index in [0.29, 0.717) is 37.4 Å². The zero-order valence-electron chi connectivity index (χ0n) is 11.6. The van der Waals surface area contributed by atoms with E-state index in [1.807, 2.05) is 29.6 Å². The van der Waals surface area contributed by atoms with Gasteiger partial charge in [0.25, 0.3) is 5.91 Å². The summed E-state index contributed by atoms with van der Waals surface area (Å²) >= 11 is 1.65. The lowest BCUT2D eigenvalue weighted by Gasteiger charge is -2.16. The van der Waals surface area contributed by atoms with Crippen LogP contribution in [0, 0.1) is 0 Å². The first-order valence-electron chi connectivity index (χ1n) is 6.95. The smallest absolute Gasteiger partial charge is 0.254 e. The molecule has 1 N–H and O–H groups in total. The fourth-order valence-electron chi connectivity index (χ4n) is 2.38. The van der Waals surface area contributed by atoms with Crippen molar-refractivity contribution < 1.29 is 14.6 Å². The van der Waals surface area contributed by atoms with Crippen LogP contribution in [0.2, 0.25) is 0 Å². The van der Waals surface area contributed by atoms with Crippen molar-refractivity contribution in [2.24, 2.45) is 0 Å². The molecule has 2 heterocycles. The van der Waals surface area contributed by atoms with Crippen LogP contribution < -0.4 is 4.74 Å². The number of benzene rings is 1. The molecule has 1 atom stereocenters. The van der Waals surface area contributed by atoms with Gasteiger partial charge in [-0.3, -0.25) is 4.79 Å². The van der Waals surface area contributed by atoms with E-state index in [9.17, 15) is 9.90 Å². The maximum Gasteiger partial charge on any atom is 0.254 e. The molecule has 1 aromatic heterocycles. The normalized spacial score (nSPS) is 18.0. The number of ether oxygens (including phenoxy) is 1. The molecule has 0 spiro atoms. The molecule has 0 aliphatic carbocycles. The summed E-state index contributed by atoms with van der Waals surface area (Å²) in [6.45, 7) is 1.54. The minimum atomic E-state index is -0.396. The molecule has 1 saturated heterocycles. The highest BCUT2D eigenvalue weighted by Crippen LogP contribution is 2.19. The van der Waals surface area contributed by atoms with Crippen LogP contribution in [0.4, 0.5) is 0 Å². The van der Waals surface area contributed by atoms with Gasteiger partial charge in [0.2, 0.25) is 0 Å². The van der Waals surface area contributed by atoms with Crippen LogP contribution in [0.1, 0.15) is 21.7 Å². The minimum Gasteiger partial charge on any atom is -0.488 e. The number of likely N-dealkylation sites (tertiary alicyclic amines) is 1. The predicted octanol–water partition coefficient (Wildman–Crippen LogP) is 2.53. The summed E-state index contributed by atoms with van der Waals surface area (Å²) in [6.07, 6.45) is 0.257. The lowest BCUT2D eigenvalue weighted by molar-refractivity contribution is 0.0764. The van der Waals surface area contributed by atoms with E-state index in [2.05, 4.69) is 0 Å². The van der Waals surface area contributed by atoms with Crippen molar-refractivity contribution in [1.82, 2.24) is 4.90 Å². The highest BCUT2D eigenvalue weighted by atomic mass is 32.1. The standard InChI is InChI=1S/C16H17NO3S/c18-13-6-7-17(10-13)16(19)12-3-1-4-14(9-12)20-11-15-5-2-8-21-15/h1-5,8-9,13,18H,6-7,10-11H2/t13-/m0/s1. The number of carbonyl (C=O) groups excluding carboxylic acids is 1. The minimum absolute atomic E-state index is 0.0480. The average Bonchev–Trinajstić information content (AvgIpc) is 3.16. The number of hydrogen-bond donors (Lipinski definition) is 1. The van der Waals surface area contributed by atoms with Crippen LogP contribution in [0.15, 0.2) is 41.8 Å². The summed E-state index contributed by atoms with van der Waals surface area (Å²) in [5.41, 5.74) is 0.604. The molecule has 3 rings (SSSR count). The number of aliphatic hydroxyl groups excluding tert-OH is 1. The molecule has 0 unspecified atom stereocenters. The topological polar surface area (TPSA) is 49.8 Å². The van der Waals surface area contributed by atoms with Gasteiger partial charge in [0.15, 0.2) is 0 Å². The number of thiophene rings is 1. The molecule has 4 nitrogen and oxygen atoms in total. The van der Waals surface area contributed by atoms with Gasteiger partial charge >= 0.3 is 0 Å². The average molecular weight is 303 g/mol. The third kappa shape index (κ3) is 3.43. The fourth-order valence-corrected chi connectivity index (χ4v) is 2.99. The predicted molar refractivity (Wildman–Crippen MR) is 81.6 cm³/mol. The number of hydrogen-bond acceptors (Lipinski definition) is 4. The van der Waals surface area contributed by atoms with E-state index in [0.717, 1.165) is 4.88 Å². The number of rotatable bonds is 4. The molecule has 2 aromatic rings. The highest BCUT2D eigenvalue weighted by Gasteiger charge is 2.25. The molecule has 21 heavy (non-hydrogen) atoms. The summed E-state index contributed by atoms with van der Waals surface area (Å²) in [6, 6.07) is 11.2. The zero-order valence-corrected chi connectivity index (χ0v) is 12.4. The van der Waals surface area contributed by atoms with Crippen molar-refractivity contribution in [3.8, 4) is 5.75 Å². The molecule has 1 amide bonds. The van der Waals surface area contributed by atoms with Crippen LogP contribution in [0.3, 0.4) is 0 Å². The Morgan fingerprint density at radius 3 is 3.00 bits per heavy atom. The van der Waals surface area contributed by atoms with E-state index in [-0.39, 0.29) is 5.91 Å². The number of nitrogens with zero attached hydrogens (tertiary/aromatic N) is 1. The van der Waals surface area contributed by atoms with Gasteiger partial charge < -0.3 is 14.7 Å². The lowest BCUT2D eigenvalue weighted by atomic mass is 10.2. The molecule has 1 fully saturated rings. The molecule has 110 valence electrons. The molecule has 1 aromatic carbocycles. The second kappa shape index (κ2) is 6.28. The first-order valence-corrected chi connectivity index (χ1v) is 7.83. The van der Waals surface area contributed by atoms with Gasteiger partial charge in [-0.1, -0.05) is 12.1 Å². The molecular weight excluding hydrogens is 286 g/mol. The van der Waals surface area contributed by atoms with Gasteiger partial charge in [0.05, 0.1) is 6.10 Å². The van der Waals surface area contributed by atoms with E-state index in [1.54, 1.807) is 28.4 Å². The third-order valence-electron chi connectivity index (χ3n) is 3.49. The van der Waals surface area contributed by atoms with Crippen LogP contribution in [0.5, 0.6) is 5.75 Å². The monoisotopic (exact) mass is 303 g/mol. The van der Waals surface area contributed by atoms with Crippen molar-refractivity contribution in [2.75, 3.05) is 13.1 Å². The van der Waals surface area contributed by atoms with Gasteiger partial charge in [-0.05, 0) is 36.1 Å². The van der Waals surface area contributed by atoms with Gasteiger partial charge in [-0.2, -0.15) is 0 Å². The third-order valence-corrected chi connectivity index (χ3v) is 4.34. The van der Waals surface area contributed by atoms with Crippen molar-refractivity contribution in [3.05, 3.63) is 52.2 Å². The lowest BCUT2D eigenvalue weighted by Crippen LogP contribution is -2.29. The molecular formula is C16H17NO3S. The Hall–Kier alpha value is -1.85. The Bertz CT molecular complexity index is 612. The Labute approximate surface area is 127 Å². The molecule has 5 heteroatoms. The summed E-state index contributed by atoms with van der Waals surface area (Å²) < 4.78 is 5.72. The number of β-amino-alcohol motifs (C(OH)–C–C–N with tert-alkyl or cyclic N) is 1. The van der Waals surface area contributed by atoms with E-state index in [4.69, 9.17) is 4.74 Å².